The molecule has 2 N–H and O–H groups in total. The molecule has 33 heavy (non-hydrogen) atoms. The summed E-state index contributed by atoms with van der Waals surface area (Å²) in [4.78, 5) is 37.9. The van der Waals surface area contributed by atoms with Crippen LogP contribution in [-0.2, 0) is 11.2 Å². The van der Waals surface area contributed by atoms with Crippen molar-refractivity contribution >= 4 is 28.5 Å². The number of hydrogen-bond acceptors (Lipinski definition) is 4. The maximum absolute atomic E-state index is 13.2. The van der Waals surface area contributed by atoms with Crippen molar-refractivity contribution in [3.8, 4) is 11.3 Å². The van der Waals surface area contributed by atoms with Crippen molar-refractivity contribution in [2.45, 2.75) is 26.3 Å². The molecule has 0 fully saturated rings. The second-order valence-corrected chi connectivity index (χ2v) is 8.27. The fraction of sp³-hybridized carbons (Fsp3) is 0.148. The van der Waals surface area contributed by atoms with Crippen molar-refractivity contribution in [3.05, 3.63) is 99.2 Å². The number of hydrogen-bond donors (Lipinski definition) is 2. The predicted octanol–water partition coefficient (Wildman–Crippen LogP) is 4.75. The Morgan fingerprint density at radius 3 is 2.61 bits per heavy atom. The number of para-hydroxylation sites is 1. The Kier molecular flexibility index (Phi) is 5.05. The topological polar surface area (TPSA) is 88.4 Å². The summed E-state index contributed by atoms with van der Waals surface area (Å²) < 4.78 is 6.16. The molecule has 1 aliphatic rings. The molecule has 6 heteroatoms. The average molecular weight is 438 g/mol. The molecule has 5 rings (SSSR count). The Labute approximate surface area is 190 Å². The highest BCUT2D eigenvalue weighted by atomic mass is 16.3. The second kappa shape index (κ2) is 8.06. The van der Waals surface area contributed by atoms with Crippen LogP contribution in [0.5, 0.6) is 0 Å². The second-order valence-electron chi connectivity index (χ2n) is 8.27. The van der Waals surface area contributed by atoms with Crippen molar-refractivity contribution in [2.24, 2.45) is 0 Å². The Hall–Kier alpha value is -4.19. The molecule has 3 aromatic carbocycles. The van der Waals surface area contributed by atoms with Crippen LogP contribution in [-0.4, -0.2) is 11.8 Å². The number of anilines is 1. The molecule has 0 spiro atoms. The van der Waals surface area contributed by atoms with Gasteiger partial charge in [0, 0.05) is 16.8 Å². The van der Waals surface area contributed by atoms with Crippen molar-refractivity contribution in [2.75, 3.05) is 5.32 Å². The van der Waals surface area contributed by atoms with Gasteiger partial charge in [-0.2, -0.15) is 0 Å². The fourth-order valence-electron chi connectivity index (χ4n) is 4.23. The van der Waals surface area contributed by atoms with Gasteiger partial charge in [0.05, 0.1) is 23.4 Å². The highest BCUT2D eigenvalue weighted by Crippen LogP contribution is 2.29. The van der Waals surface area contributed by atoms with Crippen LogP contribution in [0.3, 0.4) is 0 Å². The van der Waals surface area contributed by atoms with Crippen LogP contribution >= 0.6 is 0 Å². The van der Waals surface area contributed by atoms with Crippen LogP contribution in [0.4, 0.5) is 5.69 Å². The normalized spacial score (nSPS) is 13.5. The van der Waals surface area contributed by atoms with Crippen molar-refractivity contribution in [3.63, 3.8) is 0 Å². The minimum absolute atomic E-state index is 0.0332. The number of carbonyl (C=O) groups excluding carboxylic acids is 2. The van der Waals surface area contributed by atoms with Gasteiger partial charge in [-0.3, -0.25) is 14.4 Å². The quantitative estimate of drug-likeness (QED) is 0.481. The molecule has 0 aliphatic carbocycles. The smallest absolute Gasteiger partial charge is 0.255 e. The molecule has 0 saturated heterocycles. The first-order valence-corrected chi connectivity index (χ1v) is 10.8. The lowest BCUT2D eigenvalue weighted by Gasteiger charge is -2.16. The Morgan fingerprint density at radius 2 is 1.82 bits per heavy atom. The molecule has 0 radical (unpaired) electrons. The summed E-state index contributed by atoms with van der Waals surface area (Å²) in [6, 6.07) is 19.8. The third-order valence-corrected chi connectivity index (χ3v) is 6.03. The van der Waals surface area contributed by atoms with Crippen molar-refractivity contribution in [1.29, 1.82) is 0 Å². The SMILES string of the molecule is Cc1c(-c2ccccc2)oc2c(C(=O)NC(C)c3ccc4c(c3)CC(=O)N4)cccc2c1=O. The summed E-state index contributed by atoms with van der Waals surface area (Å²) in [5.41, 5.74) is 4.29. The summed E-state index contributed by atoms with van der Waals surface area (Å²) >= 11 is 0. The molecule has 0 saturated carbocycles. The van der Waals surface area contributed by atoms with E-state index in [1.807, 2.05) is 55.5 Å². The molecule has 0 bridgehead atoms. The molecule has 164 valence electrons. The minimum Gasteiger partial charge on any atom is -0.455 e. The van der Waals surface area contributed by atoms with E-state index < -0.39 is 0 Å². The van der Waals surface area contributed by atoms with Crippen molar-refractivity contribution in [1.82, 2.24) is 5.32 Å². The molecule has 1 aromatic heterocycles. The van der Waals surface area contributed by atoms with Gasteiger partial charge in [-0.25, -0.2) is 0 Å². The summed E-state index contributed by atoms with van der Waals surface area (Å²) in [5.74, 6) is 0.0835. The van der Waals surface area contributed by atoms with E-state index in [0.717, 1.165) is 22.4 Å². The molecular weight excluding hydrogens is 416 g/mol. The number of nitrogens with one attached hydrogen (secondary N) is 2. The van der Waals surface area contributed by atoms with Crippen molar-refractivity contribution < 1.29 is 14.0 Å². The lowest BCUT2D eigenvalue weighted by molar-refractivity contribution is -0.115. The van der Waals surface area contributed by atoms with Gasteiger partial charge in [-0.05, 0) is 43.2 Å². The molecule has 1 atom stereocenters. The van der Waals surface area contributed by atoms with Gasteiger partial charge in [0.25, 0.3) is 5.91 Å². The number of rotatable bonds is 4. The highest BCUT2D eigenvalue weighted by Gasteiger charge is 2.22. The maximum Gasteiger partial charge on any atom is 0.255 e. The van der Waals surface area contributed by atoms with Gasteiger partial charge in [-0.1, -0.05) is 48.5 Å². The fourth-order valence-corrected chi connectivity index (χ4v) is 4.23. The number of carbonyl (C=O) groups is 2. The first kappa shape index (κ1) is 20.7. The molecule has 2 heterocycles. The van der Waals surface area contributed by atoms with E-state index in [9.17, 15) is 14.4 Å². The number of fused-ring (bicyclic) bond motifs is 2. The van der Waals surface area contributed by atoms with E-state index in [0.29, 0.717) is 28.7 Å². The van der Waals surface area contributed by atoms with E-state index >= 15 is 0 Å². The standard InChI is InChI=1S/C27H22N2O4/c1-15-24(31)20-9-6-10-21(26(20)33-25(15)17-7-4-3-5-8-17)27(32)28-16(2)18-11-12-22-19(13-18)14-23(30)29-22/h3-13,16H,14H2,1-2H3,(H,28,32)(H,29,30). The predicted molar refractivity (Wildman–Crippen MR) is 127 cm³/mol. The Balaban J connectivity index is 1.51. The third kappa shape index (κ3) is 3.69. The summed E-state index contributed by atoms with van der Waals surface area (Å²) in [5, 5.41) is 6.17. The minimum atomic E-state index is -0.339. The Morgan fingerprint density at radius 1 is 1.03 bits per heavy atom. The molecule has 1 unspecified atom stereocenters. The van der Waals surface area contributed by atoms with E-state index in [-0.39, 0.29) is 28.9 Å². The monoisotopic (exact) mass is 438 g/mol. The molecule has 2 amide bonds. The van der Waals surface area contributed by atoms with E-state index in [4.69, 9.17) is 4.42 Å². The number of benzene rings is 3. The van der Waals surface area contributed by atoms with Crippen LogP contribution in [0.1, 0.15) is 40.0 Å². The number of amides is 2. The zero-order chi connectivity index (χ0) is 23.1. The first-order chi connectivity index (χ1) is 15.9. The zero-order valence-corrected chi connectivity index (χ0v) is 18.3. The zero-order valence-electron chi connectivity index (χ0n) is 18.3. The molecular formula is C27H22N2O4. The Bertz CT molecular complexity index is 1470. The van der Waals surface area contributed by atoms with E-state index in [1.165, 1.54) is 0 Å². The molecule has 4 aromatic rings. The van der Waals surface area contributed by atoms with Crippen LogP contribution in [0.2, 0.25) is 0 Å². The van der Waals surface area contributed by atoms with E-state index in [1.54, 1.807) is 25.1 Å². The van der Waals surface area contributed by atoms with E-state index in [2.05, 4.69) is 10.6 Å². The maximum atomic E-state index is 13.2. The largest absolute Gasteiger partial charge is 0.455 e. The first-order valence-electron chi connectivity index (χ1n) is 10.8. The van der Waals surface area contributed by atoms with Crippen LogP contribution < -0.4 is 16.1 Å². The van der Waals surface area contributed by atoms with Gasteiger partial charge in [0.1, 0.15) is 5.76 Å². The summed E-state index contributed by atoms with van der Waals surface area (Å²) in [6.07, 6.45) is 0.333. The summed E-state index contributed by atoms with van der Waals surface area (Å²) in [6.45, 7) is 3.61. The lowest BCUT2D eigenvalue weighted by atomic mass is 10.0. The summed E-state index contributed by atoms with van der Waals surface area (Å²) in [7, 11) is 0. The van der Waals surface area contributed by atoms with Crippen LogP contribution in [0.25, 0.3) is 22.3 Å². The van der Waals surface area contributed by atoms with Gasteiger partial charge in [0.2, 0.25) is 5.91 Å². The van der Waals surface area contributed by atoms with Gasteiger partial charge in [0.15, 0.2) is 11.0 Å². The van der Waals surface area contributed by atoms with Gasteiger partial charge in [-0.15, -0.1) is 0 Å². The lowest BCUT2D eigenvalue weighted by Crippen LogP contribution is -2.27. The van der Waals surface area contributed by atoms with Crippen LogP contribution in [0, 0.1) is 6.92 Å². The van der Waals surface area contributed by atoms with Gasteiger partial charge >= 0.3 is 0 Å². The third-order valence-electron chi connectivity index (χ3n) is 6.03. The van der Waals surface area contributed by atoms with Crippen LogP contribution in [0.15, 0.2) is 75.9 Å². The average Bonchev–Trinajstić information content (AvgIpc) is 3.20. The molecule has 1 aliphatic heterocycles. The van der Waals surface area contributed by atoms with Gasteiger partial charge < -0.3 is 15.1 Å². The highest BCUT2D eigenvalue weighted by molar-refractivity contribution is 6.05. The molecule has 6 nitrogen and oxygen atoms in total.